The lowest BCUT2D eigenvalue weighted by Gasteiger charge is -2.26. The van der Waals surface area contributed by atoms with Gasteiger partial charge in [0.2, 0.25) is 0 Å². The first-order chi connectivity index (χ1) is 7.35. The first kappa shape index (κ1) is 11.0. The zero-order valence-electron chi connectivity index (χ0n) is 9.55. The van der Waals surface area contributed by atoms with E-state index in [1.165, 1.54) is 28.2 Å². The highest BCUT2D eigenvalue weighted by atomic mass is 32.2. The average Bonchev–Trinajstić information content (AvgIpc) is 2.29. The predicted molar refractivity (Wildman–Crippen MR) is 68.4 cm³/mol. The van der Waals surface area contributed by atoms with Gasteiger partial charge in [-0.15, -0.1) is 0 Å². The molecule has 0 spiro atoms. The normalized spacial score (nSPS) is 20.0. The molecule has 0 aromatic heterocycles. The van der Waals surface area contributed by atoms with Crippen molar-refractivity contribution in [2.45, 2.75) is 32.1 Å². The standard InChI is InChI=1S/C13H19NS/c1-3-10-5-6-11-8-15-9-13(14-4-2)12(11)7-10/h5-7,13-14H,3-4,8-9H2,1-2H3. The van der Waals surface area contributed by atoms with Gasteiger partial charge in [0.15, 0.2) is 0 Å². The van der Waals surface area contributed by atoms with Crippen LogP contribution in [0.1, 0.15) is 36.6 Å². The molecule has 2 heteroatoms. The van der Waals surface area contributed by atoms with E-state index in [1.807, 2.05) is 11.8 Å². The van der Waals surface area contributed by atoms with Crippen LogP contribution in [-0.2, 0) is 12.2 Å². The highest BCUT2D eigenvalue weighted by molar-refractivity contribution is 7.98. The van der Waals surface area contributed by atoms with Crippen LogP contribution in [0.2, 0.25) is 0 Å². The van der Waals surface area contributed by atoms with Crippen LogP contribution in [-0.4, -0.2) is 12.3 Å². The van der Waals surface area contributed by atoms with Crippen molar-refractivity contribution in [1.29, 1.82) is 0 Å². The number of hydrogen-bond acceptors (Lipinski definition) is 2. The Hall–Kier alpha value is -0.470. The summed E-state index contributed by atoms with van der Waals surface area (Å²) in [5.74, 6) is 2.40. The smallest absolute Gasteiger partial charge is 0.0415 e. The molecule has 1 aromatic rings. The monoisotopic (exact) mass is 221 g/mol. The molecule has 1 atom stereocenters. The van der Waals surface area contributed by atoms with Gasteiger partial charge < -0.3 is 5.32 Å². The molecule has 1 heterocycles. The molecular formula is C13H19NS. The Labute approximate surface area is 96.7 Å². The number of thioether (sulfide) groups is 1. The molecule has 1 nitrogen and oxygen atoms in total. The summed E-state index contributed by atoms with van der Waals surface area (Å²) < 4.78 is 0. The van der Waals surface area contributed by atoms with Crippen molar-refractivity contribution in [2.75, 3.05) is 12.3 Å². The number of rotatable bonds is 3. The van der Waals surface area contributed by atoms with E-state index in [0.717, 1.165) is 13.0 Å². The zero-order chi connectivity index (χ0) is 10.7. The summed E-state index contributed by atoms with van der Waals surface area (Å²) in [7, 11) is 0. The van der Waals surface area contributed by atoms with E-state index in [2.05, 4.69) is 37.4 Å². The minimum Gasteiger partial charge on any atom is -0.309 e. The third-order valence-electron chi connectivity index (χ3n) is 2.99. The molecule has 82 valence electrons. The third-order valence-corrected chi connectivity index (χ3v) is 4.07. The van der Waals surface area contributed by atoms with Crippen LogP contribution >= 0.6 is 11.8 Å². The topological polar surface area (TPSA) is 12.0 Å². The van der Waals surface area contributed by atoms with Gasteiger partial charge in [-0.1, -0.05) is 32.0 Å². The van der Waals surface area contributed by atoms with Gasteiger partial charge in [-0.05, 0) is 29.7 Å². The Morgan fingerprint density at radius 1 is 1.40 bits per heavy atom. The maximum absolute atomic E-state index is 3.57. The van der Waals surface area contributed by atoms with Crippen LogP contribution in [0.5, 0.6) is 0 Å². The SMILES string of the molecule is CCNC1CSCc2ccc(CC)cc21. The molecule has 15 heavy (non-hydrogen) atoms. The van der Waals surface area contributed by atoms with Gasteiger partial charge in [0, 0.05) is 17.5 Å². The molecule has 1 unspecified atom stereocenters. The van der Waals surface area contributed by atoms with Crippen LogP contribution in [0.25, 0.3) is 0 Å². The summed E-state index contributed by atoms with van der Waals surface area (Å²) in [4.78, 5) is 0. The molecule has 1 N–H and O–H groups in total. The van der Waals surface area contributed by atoms with Crippen molar-refractivity contribution in [2.24, 2.45) is 0 Å². The third kappa shape index (κ3) is 2.37. The highest BCUT2D eigenvalue weighted by Gasteiger charge is 2.19. The van der Waals surface area contributed by atoms with Gasteiger partial charge in [0.05, 0.1) is 0 Å². The fourth-order valence-corrected chi connectivity index (χ4v) is 3.25. The summed E-state index contributed by atoms with van der Waals surface area (Å²) in [6, 6.07) is 7.54. The van der Waals surface area contributed by atoms with Gasteiger partial charge in [-0.25, -0.2) is 0 Å². The number of benzene rings is 1. The summed E-state index contributed by atoms with van der Waals surface area (Å²) in [6.07, 6.45) is 1.14. The van der Waals surface area contributed by atoms with Gasteiger partial charge in [0.25, 0.3) is 0 Å². The van der Waals surface area contributed by atoms with Crippen LogP contribution in [0.4, 0.5) is 0 Å². The van der Waals surface area contributed by atoms with Crippen molar-refractivity contribution in [3.05, 3.63) is 34.9 Å². The maximum atomic E-state index is 3.57. The summed E-state index contributed by atoms with van der Waals surface area (Å²) in [5, 5.41) is 3.57. The second-order valence-corrected chi connectivity index (χ2v) is 5.04. The van der Waals surface area contributed by atoms with E-state index >= 15 is 0 Å². The lowest BCUT2D eigenvalue weighted by atomic mass is 9.98. The summed E-state index contributed by atoms with van der Waals surface area (Å²) in [5.41, 5.74) is 4.52. The molecule has 0 saturated carbocycles. The number of nitrogens with one attached hydrogen (secondary N) is 1. The molecular weight excluding hydrogens is 202 g/mol. The first-order valence-electron chi connectivity index (χ1n) is 5.78. The zero-order valence-corrected chi connectivity index (χ0v) is 10.4. The van der Waals surface area contributed by atoms with E-state index in [-0.39, 0.29) is 0 Å². The number of aryl methyl sites for hydroxylation is 1. The molecule has 1 aromatic carbocycles. The Kier molecular flexibility index (Phi) is 3.71. The molecule has 0 bridgehead atoms. The van der Waals surface area contributed by atoms with E-state index in [0.29, 0.717) is 6.04 Å². The summed E-state index contributed by atoms with van der Waals surface area (Å²) >= 11 is 2.04. The predicted octanol–water partition coefficient (Wildman–Crippen LogP) is 3.15. The van der Waals surface area contributed by atoms with Gasteiger partial charge in [0.1, 0.15) is 0 Å². The molecule has 2 rings (SSSR count). The van der Waals surface area contributed by atoms with E-state index in [1.54, 1.807) is 0 Å². The molecule has 0 fully saturated rings. The van der Waals surface area contributed by atoms with Crippen molar-refractivity contribution < 1.29 is 0 Å². The Morgan fingerprint density at radius 2 is 2.27 bits per heavy atom. The second-order valence-electron chi connectivity index (χ2n) is 4.01. The largest absolute Gasteiger partial charge is 0.309 e. The first-order valence-corrected chi connectivity index (χ1v) is 6.93. The summed E-state index contributed by atoms with van der Waals surface area (Å²) in [6.45, 7) is 5.46. The van der Waals surface area contributed by atoms with E-state index < -0.39 is 0 Å². The van der Waals surface area contributed by atoms with Crippen molar-refractivity contribution >= 4 is 11.8 Å². The number of hydrogen-bond donors (Lipinski definition) is 1. The minimum atomic E-state index is 0.565. The van der Waals surface area contributed by atoms with Crippen LogP contribution in [0.15, 0.2) is 18.2 Å². The van der Waals surface area contributed by atoms with E-state index in [4.69, 9.17) is 0 Å². The fourth-order valence-electron chi connectivity index (χ4n) is 2.11. The van der Waals surface area contributed by atoms with Crippen LogP contribution in [0.3, 0.4) is 0 Å². The quantitative estimate of drug-likeness (QED) is 0.841. The van der Waals surface area contributed by atoms with Gasteiger partial charge in [-0.2, -0.15) is 11.8 Å². The maximum Gasteiger partial charge on any atom is 0.0415 e. The number of fused-ring (bicyclic) bond motifs is 1. The molecule has 0 aliphatic carbocycles. The molecule has 1 aliphatic heterocycles. The fraction of sp³-hybridized carbons (Fsp3) is 0.538. The Balaban J connectivity index is 2.30. The van der Waals surface area contributed by atoms with Crippen LogP contribution in [0, 0.1) is 0 Å². The highest BCUT2D eigenvalue weighted by Crippen LogP contribution is 2.32. The Morgan fingerprint density at radius 3 is 3.00 bits per heavy atom. The lowest BCUT2D eigenvalue weighted by Crippen LogP contribution is -2.26. The van der Waals surface area contributed by atoms with E-state index in [9.17, 15) is 0 Å². The molecule has 0 radical (unpaired) electrons. The second kappa shape index (κ2) is 5.04. The minimum absolute atomic E-state index is 0.565. The lowest BCUT2D eigenvalue weighted by molar-refractivity contribution is 0.597. The van der Waals surface area contributed by atoms with Gasteiger partial charge in [-0.3, -0.25) is 0 Å². The Bertz CT molecular complexity index is 335. The van der Waals surface area contributed by atoms with Crippen molar-refractivity contribution in [3.8, 4) is 0 Å². The molecule has 1 aliphatic rings. The molecule has 0 amide bonds. The van der Waals surface area contributed by atoms with Gasteiger partial charge >= 0.3 is 0 Å². The van der Waals surface area contributed by atoms with Crippen LogP contribution < -0.4 is 5.32 Å². The van der Waals surface area contributed by atoms with Crippen molar-refractivity contribution in [1.82, 2.24) is 5.32 Å². The average molecular weight is 221 g/mol. The van der Waals surface area contributed by atoms with Crippen molar-refractivity contribution in [3.63, 3.8) is 0 Å². The molecule has 0 saturated heterocycles.